The second-order valence-corrected chi connectivity index (χ2v) is 6.46. The van der Waals surface area contributed by atoms with Gasteiger partial charge in [0.1, 0.15) is 0 Å². The first-order valence-electron chi connectivity index (χ1n) is 8.61. The molecule has 24 heavy (non-hydrogen) atoms. The maximum absolute atomic E-state index is 13.1. The number of aryl methyl sites for hydroxylation is 1. The Morgan fingerprint density at radius 3 is 2.71 bits per heavy atom. The summed E-state index contributed by atoms with van der Waals surface area (Å²) in [5, 5.41) is 14.0. The molecule has 0 fully saturated rings. The van der Waals surface area contributed by atoms with Crippen molar-refractivity contribution in [1.29, 1.82) is 0 Å². The van der Waals surface area contributed by atoms with Gasteiger partial charge in [0.25, 0.3) is 5.91 Å². The SMILES string of the molecule is CN(C(=O)c1nn(C)c2c1CCCC2)C(CCO)c1ccccc1. The Morgan fingerprint density at radius 1 is 1.29 bits per heavy atom. The zero-order chi connectivity index (χ0) is 17.1. The fourth-order valence-electron chi connectivity index (χ4n) is 3.63. The summed E-state index contributed by atoms with van der Waals surface area (Å²) in [6, 6.07) is 9.72. The number of amides is 1. The minimum Gasteiger partial charge on any atom is -0.396 e. The number of aliphatic hydroxyl groups is 1. The Bertz CT molecular complexity index is 709. The lowest BCUT2D eigenvalue weighted by Gasteiger charge is -2.28. The number of hydrogen-bond acceptors (Lipinski definition) is 3. The molecule has 0 radical (unpaired) electrons. The number of fused-ring (bicyclic) bond motifs is 1. The molecule has 1 aliphatic rings. The number of aromatic nitrogens is 2. The van der Waals surface area contributed by atoms with Gasteiger partial charge in [0, 0.05) is 32.0 Å². The number of carbonyl (C=O) groups excluding carboxylic acids is 1. The van der Waals surface area contributed by atoms with E-state index in [0.29, 0.717) is 12.1 Å². The van der Waals surface area contributed by atoms with Gasteiger partial charge in [-0.2, -0.15) is 5.10 Å². The third-order valence-corrected chi connectivity index (χ3v) is 4.94. The van der Waals surface area contributed by atoms with Crippen molar-refractivity contribution in [3.63, 3.8) is 0 Å². The number of rotatable bonds is 5. The molecule has 0 saturated heterocycles. The Labute approximate surface area is 142 Å². The van der Waals surface area contributed by atoms with Crippen molar-refractivity contribution in [2.45, 2.75) is 38.1 Å². The van der Waals surface area contributed by atoms with E-state index in [1.807, 2.05) is 42.1 Å². The third kappa shape index (κ3) is 3.08. The van der Waals surface area contributed by atoms with Gasteiger partial charge in [-0.3, -0.25) is 9.48 Å². The molecule has 5 heteroatoms. The van der Waals surface area contributed by atoms with Crippen LogP contribution in [-0.2, 0) is 19.9 Å². The second-order valence-electron chi connectivity index (χ2n) is 6.46. The van der Waals surface area contributed by atoms with Crippen LogP contribution < -0.4 is 0 Å². The molecule has 1 unspecified atom stereocenters. The van der Waals surface area contributed by atoms with Crippen LogP contribution in [0.1, 0.15) is 52.6 Å². The lowest BCUT2D eigenvalue weighted by Crippen LogP contribution is -2.33. The fourth-order valence-corrected chi connectivity index (χ4v) is 3.63. The van der Waals surface area contributed by atoms with Gasteiger partial charge in [-0.15, -0.1) is 0 Å². The van der Waals surface area contributed by atoms with E-state index in [0.717, 1.165) is 36.8 Å². The van der Waals surface area contributed by atoms with Crippen molar-refractivity contribution in [3.05, 3.63) is 52.8 Å². The van der Waals surface area contributed by atoms with Gasteiger partial charge in [-0.25, -0.2) is 0 Å². The Morgan fingerprint density at radius 2 is 2.00 bits per heavy atom. The Kier molecular flexibility index (Phi) is 5.00. The minimum atomic E-state index is -0.148. The molecule has 0 bridgehead atoms. The first-order chi connectivity index (χ1) is 11.6. The molecule has 0 aliphatic heterocycles. The largest absolute Gasteiger partial charge is 0.396 e. The highest BCUT2D eigenvalue weighted by Crippen LogP contribution is 2.28. The standard InChI is InChI=1S/C19H25N3O2/c1-21(16(12-13-23)14-8-4-3-5-9-14)19(24)18-15-10-6-7-11-17(15)22(2)20-18/h3-5,8-9,16,23H,6-7,10-13H2,1-2H3. The summed E-state index contributed by atoms with van der Waals surface area (Å²) in [5.74, 6) is -0.0592. The van der Waals surface area contributed by atoms with Crippen molar-refractivity contribution in [1.82, 2.24) is 14.7 Å². The summed E-state index contributed by atoms with van der Waals surface area (Å²) in [5.41, 5.74) is 3.91. The predicted molar refractivity (Wildman–Crippen MR) is 92.8 cm³/mol. The monoisotopic (exact) mass is 327 g/mol. The molecular weight excluding hydrogens is 302 g/mol. The van der Waals surface area contributed by atoms with E-state index in [2.05, 4.69) is 5.10 Å². The molecule has 1 heterocycles. The maximum Gasteiger partial charge on any atom is 0.274 e. The van der Waals surface area contributed by atoms with E-state index in [-0.39, 0.29) is 18.6 Å². The number of benzene rings is 1. The molecule has 128 valence electrons. The van der Waals surface area contributed by atoms with Crippen molar-refractivity contribution >= 4 is 5.91 Å². The highest BCUT2D eigenvalue weighted by atomic mass is 16.3. The zero-order valence-electron chi connectivity index (χ0n) is 14.4. The van der Waals surface area contributed by atoms with Crippen LogP contribution in [0.2, 0.25) is 0 Å². The predicted octanol–water partition coefficient (Wildman–Crippen LogP) is 2.49. The van der Waals surface area contributed by atoms with Crippen LogP contribution in [0.5, 0.6) is 0 Å². The number of carbonyl (C=O) groups is 1. The molecule has 1 aromatic heterocycles. The third-order valence-electron chi connectivity index (χ3n) is 4.94. The van der Waals surface area contributed by atoms with Gasteiger partial charge in [0.2, 0.25) is 0 Å². The summed E-state index contributed by atoms with van der Waals surface area (Å²) in [4.78, 5) is 14.8. The van der Waals surface area contributed by atoms with Gasteiger partial charge in [-0.1, -0.05) is 30.3 Å². The van der Waals surface area contributed by atoms with Crippen LogP contribution >= 0.6 is 0 Å². The van der Waals surface area contributed by atoms with Crippen LogP contribution in [0.15, 0.2) is 30.3 Å². The summed E-state index contributed by atoms with van der Waals surface area (Å²) in [6.07, 6.45) is 4.71. The van der Waals surface area contributed by atoms with Crippen molar-refractivity contribution < 1.29 is 9.90 Å². The highest BCUT2D eigenvalue weighted by molar-refractivity contribution is 5.94. The van der Waals surface area contributed by atoms with Gasteiger partial charge in [0.15, 0.2) is 5.69 Å². The van der Waals surface area contributed by atoms with Crippen LogP contribution in [0.25, 0.3) is 0 Å². The van der Waals surface area contributed by atoms with Crippen LogP contribution in [0, 0.1) is 0 Å². The minimum absolute atomic E-state index is 0.0392. The molecule has 1 aromatic carbocycles. The molecule has 0 spiro atoms. The number of hydrogen-bond donors (Lipinski definition) is 1. The Hall–Kier alpha value is -2.14. The molecule has 1 aliphatic carbocycles. The van der Waals surface area contributed by atoms with Gasteiger partial charge in [0.05, 0.1) is 6.04 Å². The van der Waals surface area contributed by atoms with Crippen molar-refractivity contribution in [2.24, 2.45) is 7.05 Å². The summed E-state index contributed by atoms with van der Waals surface area (Å²) in [6.45, 7) is 0.0392. The molecule has 0 saturated carbocycles. The lowest BCUT2D eigenvalue weighted by atomic mass is 9.95. The van der Waals surface area contributed by atoms with E-state index in [1.165, 1.54) is 5.69 Å². The quantitative estimate of drug-likeness (QED) is 0.918. The van der Waals surface area contributed by atoms with E-state index in [1.54, 1.807) is 11.9 Å². The summed E-state index contributed by atoms with van der Waals surface area (Å²) >= 11 is 0. The first-order valence-corrected chi connectivity index (χ1v) is 8.61. The molecule has 3 rings (SSSR count). The van der Waals surface area contributed by atoms with E-state index >= 15 is 0 Å². The normalized spacial score (nSPS) is 15.0. The zero-order valence-corrected chi connectivity index (χ0v) is 14.4. The average Bonchev–Trinajstić information content (AvgIpc) is 2.96. The van der Waals surface area contributed by atoms with E-state index < -0.39 is 0 Å². The molecular formula is C19H25N3O2. The van der Waals surface area contributed by atoms with E-state index in [9.17, 15) is 9.90 Å². The van der Waals surface area contributed by atoms with E-state index in [4.69, 9.17) is 0 Å². The van der Waals surface area contributed by atoms with Crippen LogP contribution in [0.4, 0.5) is 0 Å². The lowest BCUT2D eigenvalue weighted by molar-refractivity contribution is 0.0697. The van der Waals surface area contributed by atoms with Crippen LogP contribution in [-0.4, -0.2) is 39.3 Å². The Balaban J connectivity index is 1.91. The van der Waals surface area contributed by atoms with Gasteiger partial charge >= 0.3 is 0 Å². The summed E-state index contributed by atoms with van der Waals surface area (Å²) in [7, 11) is 3.73. The first kappa shape index (κ1) is 16.7. The van der Waals surface area contributed by atoms with Crippen LogP contribution in [0.3, 0.4) is 0 Å². The molecule has 5 nitrogen and oxygen atoms in total. The van der Waals surface area contributed by atoms with Crippen molar-refractivity contribution in [2.75, 3.05) is 13.7 Å². The highest BCUT2D eigenvalue weighted by Gasteiger charge is 2.29. The molecule has 1 atom stereocenters. The van der Waals surface area contributed by atoms with Gasteiger partial charge in [-0.05, 0) is 37.7 Å². The van der Waals surface area contributed by atoms with Gasteiger partial charge < -0.3 is 10.0 Å². The summed E-state index contributed by atoms with van der Waals surface area (Å²) < 4.78 is 1.86. The van der Waals surface area contributed by atoms with Crippen molar-refractivity contribution in [3.8, 4) is 0 Å². The number of aliphatic hydroxyl groups excluding tert-OH is 1. The maximum atomic E-state index is 13.1. The number of nitrogens with zero attached hydrogens (tertiary/aromatic N) is 3. The fraction of sp³-hybridized carbons (Fsp3) is 0.474. The topological polar surface area (TPSA) is 58.4 Å². The average molecular weight is 327 g/mol. The molecule has 1 N–H and O–H groups in total. The molecule has 2 aromatic rings. The molecule has 1 amide bonds. The smallest absolute Gasteiger partial charge is 0.274 e. The second kappa shape index (κ2) is 7.18.